The second kappa shape index (κ2) is 12.4. The molecule has 8 heteroatoms. The lowest BCUT2D eigenvalue weighted by Gasteiger charge is -2.27. The zero-order valence-electron chi connectivity index (χ0n) is 29.0. The first-order valence-corrected chi connectivity index (χ1v) is 17.5. The molecular formula is C46H34N2O6. The maximum absolute atomic E-state index is 10.9. The van der Waals surface area contributed by atoms with Gasteiger partial charge in [-0.25, -0.2) is 0 Å². The Morgan fingerprint density at radius 3 is 2.20 bits per heavy atom. The number of phenols is 5. The van der Waals surface area contributed by atoms with Crippen LogP contribution in [0.3, 0.4) is 0 Å². The van der Waals surface area contributed by atoms with E-state index in [2.05, 4.69) is 60.6 Å². The fourth-order valence-electron chi connectivity index (χ4n) is 7.53. The Morgan fingerprint density at radius 2 is 1.37 bits per heavy atom. The average molecular weight is 711 g/mol. The van der Waals surface area contributed by atoms with Gasteiger partial charge in [0.05, 0.1) is 16.7 Å². The normalized spacial score (nSPS) is 17.4. The minimum absolute atomic E-state index is 0.264. The highest BCUT2D eigenvalue weighted by molar-refractivity contribution is 6.11. The molecule has 0 saturated heterocycles. The Morgan fingerprint density at radius 1 is 0.630 bits per heavy atom. The monoisotopic (exact) mass is 710 g/mol. The Labute approximate surface area is 310 Å². The van der Waals surface area contributed by atoms with E-state index in [9.17, 15) is 25.5 Å². The molecule has 264 valence electrons. The number of para-hydroxylation sites is 2. The molecule has 5 aromatic carbocycles. The molecule has 6 aromatic rings. The highest BCUT2D eigenvalue weighted by Crippen LogP contribution is 2.54. The number of benzene rings is 5. The summed E-state index contributed by atoms with van der Waals surface area (Å²) >= 11 is 0. The number of fused-ring (bicyclic) bond motifs is 5. The second-order valence-electron chi connectivity index (χ2n) is 13.5. The van der Waals surface area contributed by atoms with Gasteiger partial charge in [0, 0.05) is 45.8 Å². The summed E-state index contributed by atoms with van der Waals surface area (Å²) in [6.07, 6.45) is 16.3. The molecule has 0 unspecified atom stereocenters. The Kier molecular flexibility index (Phi) is 7.49. The van der Waals surface area contributed by atoms with Crippen molar-refractivity contribution in [3.8, 4) is 40.2 Å². The quantitative estimate of drug-likeness (QED) is 0.0916. The first-order chi connectivity index (χ1) is 26.2. The third-order valence-electron chi connectivity index (χ3n) is 10.3. The maximum Gasteiger partial charge on any atom is 0.208 e. The summed E-state index contributed by atoms with van der Waals surface area (Å²) in [5.74, 6) is -2.74. The smallest absolute Gasteiger partial charge is 0.208 e. The van der Waals surface area contributed by atoms with Crippen molar-refractivity contribution in [3.63, 3.8) is 0 Å². The van der Waals surface area contributed by atoms with Crippen LogP contribution in [0.15, 0.2) is 152 Å². The van der Waals surface area contributed by atoms with Gasteiger partial charge in [-0.3, -0.25) is 0 Å². The van der Waals surface area contributed by atoms with E-state index in [1.807, 2.05) is 79.0 Å². The van der Waals surface area contributed by atoms with Crippen LogP contribution in [0.2, 0.25) is 0 Å². The molecule has 8 nitrogen and oxygen atoms in total. The SMILES string of the molecule is C=C1/C=C\C2=C(CCC=C2)Oc2ccc(N3/C=C\C(c4ccc5c(c4)c4ccccc4n5-c4c(O)c(O)c(O)c(O)c4O)=C/C(=C)c4ccccc43)cc21. The minimum Gasteiger partial charge on any atom is -0.503 e. The zero-order chi connectivity index (χ0) is 37.2. The molecule has 0 radical (unpaired) electrons. The molecule has 9 rings (SSSR count). The van der Waals surface area contributed by atoms with Crippen molar-refractivity contribution in [2.75, 3.05) is 4.90 Å². The number of anilines is 2. The molecule has 3 aliphatic rings. The van der Waals surface area contributed by atoms with E-state index in [-0.39, 0.29) is 5.69 Å². The van der Waals surface area contributed by atoms with E-state index in [0.29, 0.717) is 11.0 Å². The van der Waals surface area contributed by atoms with E-state index >= 15 is 0 Å². The number of nitrogens with zero attached hydrogens (tertiary/aromatic N) is 2. The van der Waals surface area contributed by atoms with E-state index in [1.54, 1.807) is 10.6 Å². The molecule has 3 heterocycles. The van der Waals surface area contributed by atoms with Gasteiger partial charge in [0.1, 0.15) is 17.2 Å². The first kappa shape index (κ1) is 32.6. The van der Waals surface area contributed by atoms with E-state index in [1.165, 1.54) is 0 Å². The number of aromatic nitrogens is 1. The van der Waals surface area contributed by atoms with Crippen LogP contribution in [0.25, 0.3) is 44.2 Å². The van der Waals surface area contributed by atoms with Crippen molar-refractivity contribution >= 4 is 49.9 Å². The lowest BCUT2D eigenvalue weighted by molar-refractivity contribution is 0.327. The molecule has 1 aromatic heterocycles. The van der Waals surface area contributed by atoms with Crippen molar-refractivity contribution in [2.24, 2.45) is 0 Å². The van der Waals surface area contributed by atoms with Crippen LogP contribution >= 0.6 is 0 Å². The third kappa shape index (κ3) is 5.07. The topological polar surface area (TPSA) is 119 Å². The number of hydrogen-bond acceptors (Lipinski definition) is 7. The van der Waals surface area contributed by atoms with Gasteiger partial charge in [0.15, 0.2) is 11.5 Å². The van der Waals surface area contributed by atoms with Gasteiger partial charge in [0.25, 0.3) is 0 Å². The molecule has 0 fully saturated rings. The molecular weight excluding hydrogens is 677 g/mol. The predicted molar refractivity (Wildman–Crippen MR) is 214 cm³/mol. The first-order valence-electron chi connectivity index (χ1n) is 17.5. The van der Waals surface area contributed by atoms with Crippen LogP contribution in [0.1, 0.15) is 29.5 Å². The minimum atomic E-state index is -1.01. The Balaban J connectivity index is 1.17. The van der Waals surface area contributed by atoms with Crippen molar-refractivity contribution in [1.29, 1.82) is 0 Å². The molecule has 54 heavy (non-hydrogen) atoms. The number of allylic oxidation sites excluding steroid dienone is 11. The van der Waals surface area contributed by atoms with Gasteiger partial charge in [0.2, 0.25) is 17.2 Å². The average Bonchev–Trinajstić information content (AvgIpc) is 3.51. The maximum atomic E-state index is 10.9. The van der Waals surface area contributed by atoms with Crippen molar-refractivity contribution in [1.82, 2.24) is 4.57 Å². The number of rotatable bonds is 3. The van der Waals surface area contributed by atoms with Crippen LogP contribution in [-0.4, -0.2) is 30.1 Å². The molecule has 2 aliphatic heterocycles. The van der Waals surface area contributed by atoms with Gasteiger partial charge < -0.3 is 39.7 Å². The van der Waals surface area contributed by atoms with E-state index in [4.69, 9.17) is 4.74 Å². The molecule has 0 saturated carbocycles. The highest BCUT2D eigenvalue weighted by atomic mass is 16.5. The summed E-state index contributed by atoms with van der Waals surface area (Å²) in [5.41, 5.74) is 9.14. The van der Waals surface area contributed by atoms with Crippen molar-refractivity contribution < 1.29 is 30.3 Å². The van der Waals surface area contributed by atoms with Gasteiger partial charge in [-0.2, -0.15) is 0 Å². The number of ether oxygens (including phenoxy) is 1. The van der Waals surface area contributed by atoms with Gasteiger partial charge >= 0.3 is 0 Å². The Hall–Kier alpha value is -7.32. The van der Waals surface area contributed by atoms with E-state index in [0.717, 1.165) is 85.5 Å². The lowest BCUT2D eigenvalue weighted by atomic mass is 9.95. The van der Waals surface area contributed by atoms with Crippen molar-refractivity contribution in [3.05, 3.63) is 169 Å². The number of phenolic OH excluding ortho intramolecular Hbond substituents is 5. The predicted octanol–water partition coefficient (Wildman–Crippen LogP) is 10.6. The van der Waals surface area contributed by atoms with Crippen LogP contribution in [-0.2, 0) is 0 Å². The Bertz CT molecular complexity index is 2760. The summed E-state index contributed by atoms with van der Waals surface area (Å²) in [7, 11) is 0. The molecule has 0 bridgehead atoms. The molecule has 0 spiro atoms. The summed E-state index contributed by atoms with van der Waals surface area (Å²) in [5, 5.41) is 54.3. The molecule has 1 aliphatic carbocycles. The lowest BCUT2D eigenvalue weighted by Crippen LogP contribution is -2.13. The van der Waals surface area contributed by atoms with Gasteiger partial charge in [-0.05, 0) is 83.3 Å². The van der Waals surface area contributed by atoms with Gasteiger partial charge in [-0.15, -0.1) is 0 Å². The highest BCUT2D eigenvalue weighted by Gasteiger charge is 2.27. The standard InChI is InChI=1S/C46H34N2O6/c1-26-15-16-28-9-3-8-14-39(28)54-40-20-18-31(25-34(26)40)47-22-21-30(23-27(2)32-10-4-6-12-36(32)47)29-17-19-38-35(24-29)33-11-5-7-13-37(33)48(38)41-42(49)44(51)46(53)45(52)43(41)50/h3-7,9-13,15-25,49-53H,1-2,8,14H2/b16-15-,22-21-,30-23+. The van der Waals surface area contributed by atoms with Crippen LogP contribution in [0.4, 0.5) is 11.4 Å². The zero-order valence-corrected chi connectivity index (χ0v) is 29.0. The molecule has 0 atom stereocenters. The summed E-state index contributed by atoms with van der Waals surface area (Å²) in [4.78, 5) is 2.14. The van der Waals surface area contributed by atoms with Crippen LogP contribution in [0.5, 0.6) is 34.5 Å². The molecule has 0 amide bonds. The number of aromatic hydroxyl groups is 5. The van der Waals surface area contributed by atoms with Gasteiger partial charge in [-0.1, -0.05) is 79.9 Å². The summed E-state index contributed by atoms with van der Waals surface area (Å²) in [6.45, 7) is 8.86. The summed E-state index contributed by atoms with van der Waals surface area (Å²) in [6, 6.07) is 27.5. The third-order valence-corrected chi connectivity index (χ3v) is 10.3. The van der Waals surface area contributed by atoms with E-state index < -0.39 is 28.7 Å². The van der Waals surface area contributed by atoms with Crippen LogP contribution in [0, 0.1) is 0 Å². The molecule has 5 N–H and O–H groups in total. The van der Waals surface area contributed by atoms with Crippen LogP contribution < -0.4 is 9.64 Å². The number of hydrogen-bond donors (Lipinski definition) is 5. The van der Waals surface area contributed by atoms with Crippen molar-refractivity contribution in [2.45, 2.75) is 12.8 Å². The second-order valence-corrected chi connectivity index (χ2v) is 13.5. The fraction of sp³-hybridized carbons (Fsp3) is 0.0435. The summed E-state index contributed by atoms with van der Waals surface area (Å²) < 4.78 is 8.02. The largest absolute Gasteiger partial charge is 0.503 e. The fourth-order valence-corrected chi connectivity index (χ4v) is 7.53.